The first kappa shape index (κ1) is 30.5. The molecule has 0 aromatic heterocycles. The molecule has 1 spiro atoms. The lowest BCUT2D eigenvalue weighted by atomic mass is 9.63. The smallest absolute Gasteiger partial charge is 0.262 e. The Balaban J connectivity index is 1.45. The number of hydrogen-bond acceptors (Lipinski definition) is 5. The number of halogens is 1. The summed E-state index contributed by atoms with van der Waals surface area (Å²) in [6, 6.07) is 11.8. The van der Waals surface area contributed by atoms with Crippen LogP contribution in [0, 0.1) is 17.8 Å². The van der Waals surface area contributed by atoms with E-state index in [1.54, 1.807) is 6.07 Å². The number of nitrogens with one attached hydrogen (secondary N) is 1. The summed E-state index contributed by atoms with van der Waals surface area (Å²) in [5.41, 5.74) is 2.76. The maximum absolute atomic E-state index is 13.7. The first-order valence-electron chi connectivity index (χ1n) is 15.8. The topological polar surface area (TPSA) is 78.9 Å². The maximum atomic E-state index is 13.7. The van der Waals surface area contributed by atoms with Gasteiger partial charge >= 0.3 is 0 Å². The van der Waals surface area contributed by atoms with E-state index >= 15 is 0 Å². The zero-order valence-electron chi connectivity index (χ0n) is 25.6. The second kappa shape index (κ2) is 11.5. The van der Waals surface area contributed by atoms with Crippen molar-refractivity contribution in [2.75, 3.05) is 24.6 Å². The number of allylic oxidation sites excluding steroid dienone is 1. The molecule has 2 heterocycles. The number of ether oxygens (including phenoxy) is 1. The van der Waals surface area contributed by atoms with Crippen molar-refractivity contribution in [2.45, 2.75) is 82.0 Å². The first-order chi connectivity index (χ1) is 20.4. The normalized spacial score (nSPS) is 36.8. The molecule has 2 aromatic rings. The molecule has 1 saturated carbocycles. The van der Waals surface area contributed by atoms with Crippen LogP contribution in [0.2, 0.25) is 5.02 Å². The summed E-state index contributed by atoms with van der Waals surface area (Å²) < 4.78 is 23.1. The molecule has 4 aliphatic rings. The van der Waals surface area contributed by atoms with Crippen molar-refractivity contribution in [3.8, 4) is 5.75 Å². The highest BCUT2D eigenvalue weighted by Crippen LogP contribution is 2.49. The predicted octanol–water partition coefficient (Wildman–Crippen LogP) is 6.33. The number of hydrogen-bond donors (Lipinski definition) is 2. The third-order valence-corrected chi connectivity index (χ3v) is 13.4. The van der Waals surface area contributed by atoms with Gasteiger partial charge in [0.05, 0.1) is 27.6 Å². The van der Waals surface area contributed by atoms with Gasteiger partial charge in [0.25, 0.3) is 5.91 Å². The Morgan fingerprint density at radius 3 is 2.77 bits per heavy atom. The molecule has 2 aromatic carbocycles. The van der Waals surface area contributed by atoms with Gasteiger partial charge in [0.1, 0.15) is 5.75 Å². The van der Waals surface area contributed by atoms with Crippen molar-refractivity contribution in [1.82, 2.24) is 4.72 Å². The fourth-order valence-electron chi connectivity index (χ4n) is 7.85. The number of aliphatic hydroxyl groups is 1. The van der Waals surface area contributed by atoms with Crippen LogP contribution in [-0.4, -0.2) is 51.6 Å². The largest absolute Gasteiger partial charge is 0.490 e. The number of carbonyl (C=O) groups excluding carboxylic acids is 1. The lowest BCUT2D eigenvalue weighted by Crippen LogP contribution is -2.52. The van der Waals surface area contributed by atoms with Crippen molar-refractivity contribution in [3.05, 3.63) is 70.3 Å². The Morgan fingerprint density at radius 2 is 2.02 bits per heavy atom. The molecular weight excluding hydrogens is 580 g/mol. The summed E-state index contributed by atoms with van der Waals surface area (Å²) in [5, 5.41) is 12.3. The average Bonchev–Trinajstić information content (AvgIpc) is 3.11. The van der Waals surface area contributed by atoms with Gasteiger partial charge in [0, 0.05) is 34.3 Å². The number of fused-ring (bicyclic) bond motifs is 4. The van der Waals surface area contributed by atoms with Crippen LogP contribution in [0.15, 0.2) is 48.6 Å². The molecule has 43 heavy (non-hydrogen) atoms. The van der Waals surface area contributed by atoms with E-state index in [2.05, 4.69) is 34.5 Å². The Hall–Kier alpha value is -2.48. The highest BCUT2D eigenvalue weighted by molar-refractivity contribution is 7.99. The van der Waals surface area contributed by atoms with Crippen LogP contribution in [0.5, 0.6) is 5.75 Å². The number of amides is 1. The summed E-state index contributed by atoms with van der Waals surface area (Å²) in [4.78, 5) is 15.9. The van der Waals surface area contributed by atoms with Gasteiger partial charge in [0.15, 0.2) is 0 Å². The Bertz CT molecular complexity index is 1540. The molecule has 0 radical (unpaired) electrons. The maximum Gasteiger partial charge on any atom is 0.262 e. The average molecular weight is 625 g/mol. The standard InChI is InChI=1S/C35H45ClN2O4S/c1-5-35(40)17-6-8-23(2)24(3)43(4,41)37-33(39)26-11-15-32-31(19-26)38(20-27-10-13-30(27)35)21-34(22-42-32)16-7-9-25-18-28(36)12-14-29(25)34/h6,11-12,14-15,17-19,23-24,27,30,40H,4-5,7-10,13,16,20-22H2,1-3H3,(H,37,39,41)/b17-6+/t23-,24+,27-,30+,34-,35-,43?/m0/s1. The molecule has 6 rings (SSSR count). The van der Waals surface area contributed by atoms with E-state index in [1.807, 2.05) is 44.2 Å². The predicted molar refractivity (Wildman–Crippen MR) is 177 cm³/mol. The van der Waals surface area contributed by atoms with Gasteiger partial charge in [0.2, 0.25) is 0 Å². The number of carbonyl (C=O) groups is 1. The Kier molecular flexibility index (Phi) is 8.14. The lowest BCUT2D eigenvalue weighted by Gasteiger charge is -2.49. The minimum Gasteiger partial charge on any atom is -0.490 e. The van der Waals surface area contributed by atoms with Gasteiger partial charge in [-0.25, -0.2) is 4.21 Å². The fraction of sp³-hybridized carbons (Fsp3) is 0.543. The molecule has 6 nitrogen and oxygen atoms in total. The van der Waals surface area contributed by atoms with Gasteiger partial charge < -0.3 is 14.7 Å². The summed E-state index contributed by atoms with van der Waals surface area (Å²) >= 11 is 6.42. The van der Waals surface area contributed by atoms with Crippen molar-refractivity contribution >= 4 is 38.8 Å². The second-order valence-corrected chi connectivity index (χ2v) is 16.4. The van der Waals surface area contributed by atoms with Crippen molar-refractivity contribution in [3.63, 3.8) is 0 Å². The summed E-state index contributed by atoms with van der Waals surface area (Å²) in [5.74, 6) is 4.77. The highest BCUT2D eigenvalue weighted by atomic mass is 35.5. The van der Waals surface area contributed by atoms with Gasteiger partial charge in [-0.1, -0.05) is 43.7 Å². The minimum absolute atomic E-state index is 0.00753. The number of rotatable bonds is 1. The molecule has 2 N–H and O–H groups in total. The van der Waals surface area contributed by atoms with Crippen molar-refractivity contribution in [2.24, 2.45) is 17.8 Å². The van der Waals surface area contributed by atoms with Crippen LogP contribution in [0.4, 0.5) is 5.69 Å². The molecule has 1 amide bonds. The zero-order chi connectivity index (χ0) is 30.6. The van der Waals surface area contributed by atoms with E-state index in [0.29, 0.717) is 30.9 Å². The van der Waals surface area contributed by atoms with Gasteiger partial charge in [-0.05, 0) is 117 Å². The van der Waals surface area contributed by atoms with Gasteiger partial charge in [-0.2, -0.15) is 0 Å². The fourth-order valence-corrected chi connectivity index (χ4v) is 9.52. The monoisotopic (exact) mass is 624 g/mol. The van der Waals surface area contributed by atoms with Crippen LogP contribution < -0.4 is 14.4 Å². The quantitative estimate of drug-likeness (QED) is 0.287. The van der Waals surface area contributed by atoms with E-state index in [0.717, 1.165) is 61.7 Å². The van der Waals surface area contributed by atoms with Crippen LogP contribution in [0.25, 0.3) is 0 Å². The van der Waals surface area contributed by atoms with Gasteiger partial charge in [-0.3, -0.25) is 9.52 Å². The second-order valence-electron chi connectivity index (χ2n) is 13.6. The molecule has 8 heteroatoms. The van der Waals surface area contributed by atoms with Gasteiger partial charge in [-0.15, -0.1) is 0 Å². The van der Waals surface area contributed by atoms with E-state index in [4.69, 9.17) is 16.3 Å². The molecule has 2 aliphatic heterocycles. The van der Waals surface area contributed by atoms with E-state index in [9.17, 15) is 14.1 Å². The van der Waals surface area contributed by atoms with E-state index in [1.165, 1.54) is 11.1 Å². The Morgan fingerprint density at radius 1 is 1.21 bits per heavy atom. The van der Waals surface area contributed by atoms with Crippen LogP contribution in [-0.2, 0) is 21.5 Å². The summed E-state index contributed by atoms with van der Waals surface area (Å²) in [6.45, 7) is 8.00. The molecule has 1 fully saturated rings. The first-order valence-corrected chi connectivity index (χ1v) is 18.0. The molecule has 232 valence electrons. The van der Waals surface area contributed by atoms with Crippen LogP contribution in [0.1, 0.15) is 80.8 Å². The highest BCUT2D eigenvalue weighted by Gasteiger charge is 2.47. The zero-order valence-corrected chi connectivity index (χ0v) is 27.2. The number of nitrogens with zero attached hydrogens (tertiary/aromatic N) is 1. The Labute approximate surface area is 262 Å². The molecule has 2 aliphatic carbocycles. The number of anilines is 1. The van der Waals surface area contributed by atoms with E-state index < -0.39 is 15.3 Å². The summed E-state index contributed by atoms with van der Waals surface area (Å²) in [6.07, 6.45) is 10.4. The molecular formula is C35H45ClN2O4S. The third-order valence-electron chi connectivity index (χ3n) is 11.0. The number of benzene rings is 2. The SMILES string of the molecule is C=S1(=O)NC(=O)c2ccc3c(c2)N(C[C@@H]2CC[C@H]2[C@](O)(CC)/C=C/C[C@H](C)[C@H]1C)C[C@@]1(CCCc2cc(Cl)ccc21)CO3. The lowest BCUT2D eigenvalue weighted by molar-refractivity contribution is -0.0475. The molecule has 2 bridgehead atoms. The molecule has 7 atom stereocenters. The van der Waals surface area contributed by atoms with Crippen LogP contribution >= 0.6 is 11.6 Å². The molecule has 1 unspecified atom stereocenters. The van der Waals surface area contributed by atoms with Crippen molar-refractivity contribution < 1.29 is 18.8 Å². The third kappa shape index (κ3) is 5.62. The minimum atomic E-state index is -2.93. The summed E-state index contributed by atoms with van der Waals surface area (Å²) in [7, 11) is -2.93. The van der Waals surface area contributed by atoms with Crippen LogP contribution in [0.3, 0.4) is 0 Å². The van der Waals surface area contributed by atoms with E-state index in [-0.39, 0.29) is 28.4 Å². The van der Waals surface area contributed by atoms with Crippen molar-refractivity contribution in [1.29, 1.82) is 0 Å². The molecule has 0 saturated heterocycles. The number of aryl methyl sites for hydroxylation is 1.